The lowest BCUT2D eigenvalue weighted by Crippen LogP contribution is -2.48. The molecule has 6 heteroatoms. The van der Waals surface area contributed by atoms with E-state index in [2.05, 4.69) is 0 Å². The van der Waals surface area contributed by atoms with Crippen LogP contribution >= 0.6 is 11.6 Å². The Hall–Kier alpha value is -0.620. The molecule has 0 aliphatic carbocycles. The first kappa shape index (κ1) is 14.8. The van der Waals surface area contributed by atoms with Crippen LogP contribution in [0.5, 0.6) is 0 Å². The van der Waals surface area contributed by atoms with Gasteiger partial charge in [0.05, 0.1) is 17.1 Å². The Balaban J connectivity index is 2.33. The summed E-state index contributed by atoms with van der Waals surface area (Å²) in [5.41, 5.74) is 0.865. The van der Waals surface area contributed by atoms with Crippen LogP contribution in [0.3, 0.4) is 0 Å². The molecule has 0 saturated carbocycles. The number of rotatable bonds is 2. The number of hydrogen-bond acceptors (Lipinski definition) is 3. The quantitative estimate of drug-likeness (QED) is 0.843. The highest BCUT2D eigenvalue weighted by molar-refractivity contribution is 7.89. The van der Waals surface area contributed by atoms with Crippen molar-refractivity contribution < 1.29 is 13.2 Å². The molecule has 0 amide bonds. The maximum absolute atomic E-state index is 12.6. The largest absolute Gasteiger partial charge is 0.373 e. The van der Waals surface area contributed by atoms with Crippen LogP contribution in [-0.4, -0.2) is 38.0 Å². The Morgan fingerprint density at radius 3 is 2.37 bits per heavy atom. The van der Waals surface area contributed by atoms with Crippen molar-refractivity contribution in [3.8, 4) is 0 Å². The van der Waals surface area contributed by atoms with Crippen LogP contribution < -0.4 is 0 Å². The second-order valence-corrected chi connectivity index (χ2v) is 7.34. The third-order valence-electron chi connectivity index (χ3n) is 3.17. The molecule has 1 saturated heterocycles. The predicted octanol–water partition coefficient (Wildman–Crippen LogP) is 2.45. The van der Waals surface area contributed by atoms with Crippen molar-refractivity contribution in [1.29, 1.82) is 0 Å². The van der Waals surface area contributed by atoms with E-state index in [0.29, 0.717) is 18.1 Å². The summed E-state index contributed by atoms with van der Waals surface area (Å²) in [5, 5.41) is 0.468. The zero-order valence-electron chi connectivity index (χ0n) is 11.3. The van der Waals surface area contributed by atoms with Crippen molar-refractivity contribution in [2.45, 2.75) is 37.9 Å². The summed E-state index contributed by atoms with van der Waals surface area (Å²) in [6, 6.07) is 4.83. The van der Waals surface area contributed by atoms with E-state index in [-0.39, 0.29) is 17.1 Å². The Morgan fingerprint density at radius 2 is 1.84 bits per heavy atom. The van der Waals surface area contributed by atoms with Gasteiger partial charge in [0.2, 0.25) is 10.0 Å². The Bertz CT molecular complexity index is 563. The molecule has 1 aliphatic rings. The summed E-state index contributed by atoms with van der Waals surface area (Å²) in [6.45, 7) is 6.34. The number of hydrogen-bond donors (Lipinski definition) is 0. The highest BCUT2D eigenvalue weighted by Crippen LogP contribution is 2.25. The molecular formula is C13H18ClNO3S. The molecule has 4 nitrogen and oxygen atoms in total. The van der Waals surface area contributed by atoms with Gasteiger partial charge < -0.3 is 4.74 Å². The summed E-state index contributed by atoms with van der Waals surface area (Å²) < 4.78 is 32.1. The molecule has 2 unspecified atom stereocenters. The van der Waals surface area contributed by atoms with Gasteiger partial charge in [0.1, 0.15) is 0 Å². The van der Waals surface area contributed by atoms with Gasteiger partial charge in [0, 0.05) is 18.1 Å². The van der Waals surface area contributed by atoms with Crippen molar-refractivity contribution in [3.05, 3.63) is 28.8 Å². The molecule has 0 bridgehead atoms. The minimum absolute atomic E-state index is 0.0977. The van der Waals surface area contributed by atoms with E-state index >= 15 is 0 Å². The predicted molar refractivity (Wildman–Crippen MR) is 75.0 cm³/mol. The molecule has 0 N–H and O–H groups in total. The number of nitrogens with zero attached hydrogens (tertiary/aromatic N) is 1. The second-order valence-electron chi connectivity index (χ2n) is 4.99. The van der Waals surface area contributed by atoms with Crippen LogP contribution in [0.4, 0.5) is 0 Å². The van der Waals surface area contributed by atoms with Gasteiger partial charge in [-0.2, -0.15) is 4.31 Å². The molecule has 0 spiro atoms. The number of ether oxygens (including phenoxy) is 1. The standard InChI is InChI=1S/C13H18ClNO3S/c1-9-4-5-12(6-13(9)14)19(16,17)15-7-10(2)18-11(3)8-15/h4-6,10-11H,7-8H2,1-3H3. The minimum Gasteiger partial charge on any atom is -0.373 e. The molecule has 0 aromatic heterocycles. The van der Waals surface area contributed by atoms with Crippen LogP contribution in [0.15, 0.2) is 23.1 Å². The zero-order chi connectivity index (χ0) is 14.2. The van der Waals surface area contributed by atoms with Gasteiger partial charge in [-0.3, -0.25) is 0 Å². The highest BCUT2D eigenvalue weighted by atomic mass is 35.5. The fourth-order valence-corrected chi connectivity index (χ4v) is 4.07. The molecule has 1 aromatic rings. The summed E-state index contributed by atoms with van der Waals surface area (Å²) in [4.78, 5) is 0.240. The topological polar surface area (TPSA) is 46.6 Å². The number of sulfonamides is 1. The first-order chi connectivity index (χ1) is 8.80. The molecule has 106 valence electrons. The second kappa shape index (κ2) is 5.40. The van der Waals surface area contributed by atoms with Crippen LogP contribution in [0.1, 0.15) is 19.4 Å². The molecular weight excluding hydrogens is 286 g/mol. The smallest absolute Gasteiger partial charge is 0.243 e. The molecule has 1 aliphatic heterocycles. The van der Waals surface area contributed by atoms with E-state index in [4.69, 9.17) is 16.3 Å². The van der Waals surface area contributed by atoms with Gasteiger partial charge in [-0.1, -0.05) is 17.7 Å². The van der Waals surface area contributed by atoms with Crippen molar-refractivity contribution in [2.75, 3.05) is 13.1 Å². The Labute approximate surface area is 119 Å². The minimum atomic E-state index is -3.50. The SMILES string of the molecule is Cc1ccc(S(=O)(=O)N2CC(C)OC(C)C2)cc1Cl. The fourth-order valence-electron chi connectivity index (χ4n) is 2.21. The van der Waals surface area contributed by atoms with Gasteiger partial charge in [0.25, 0.3) is 0 Å². The fraction of sp³-hybridized carbons (Fsp3) is 0.538. The summed E-state index contributed by atoms with van der Waals surface area (Å²) in [7, 11) is -3.50. The molecule has 2 atom stereocenters. The lowest BCUT2D eigenvalue weighted by atomic mass is 10.2. The summed E-state index contributed by atoms with van der Waals surface area (Å²) in [6.07, 6.45) is -0.195. The van der Waals surface area contributed by atoms with E-state index in [1.54, 1.807) is 12.1 Å². The lowest BCUT2D eigenvalue weighted by molar-refractivity contribution is -0.0440. The molecule has 1 heterocycles. The third kappa shape index (κ3) is 3.11. The lowest BCUT2D eigenvalue weighted by Gasteiger charge is -2.34. The van der Waals surface area contributed by atoms with Gasteiger partial charge in [-0.15, -0.1) is 0 Å². The van der Waals surface area contributed by atoms with E-state index in [9.17, 15) is 8.42 Å². The van der Waals surface area contributed by atoms with Gasteiger partial charge >= 0.3 is 0 Å². The first-order valence-corrected chi connectivity index (χ1v) is 8.04. The normalized spacial score (nSPS) is 25.5. The van der Waals surface area contributed by atoms with Crippen molar-refractivity contribution in [2.24, 2.45) is 0 Å². The van der Waals surface area contributed by atoms with E-state index in [0.717, 1.165) is 5.56 Å². The van der Waals surface area contributed by atoms with E-state index in [1.165, 1.54) is 10.4 Å². The number of halogens is 1. The van der Waals surface area contributed by atoms with Crippen LogP contribution in [0.2, 0.25) is 5.02 Å². The third-order valence-corrected chi connectivity index (χ3v) is 5.40. The average Bonchev–Trinajstić information content (AvgIpc) is 2.31. The molecule has 19 heavy (non-hydrogen) atoms. The van der Waals surface area contributed by atoms with E-state index in [1.807, 2.05) is 20.8 Å². The van der Waals surface area contributed by atoms with Crippen LogP contribution in [0.25, 0.3) is 0 Å². The van der Waals surface area contributed by atoms with E-state index < -0.39 is 10.0 Å². The van der Waals surface area contributed by atoms with Crippen molar-refractivity contribution in [1.82, 2.24) is 4.31 Å². The molecule has 0 radical (unpaired) electrons. The van der Waals surface area contributed by atoms with Gasteiger partial charge in [0.15, 0.2) is 0 Å². The van der Waals surface area contributed by atoms with Gasteiger partial charge in [-0.05, 0) is 38.5 Å². The van der Waals surface area contributed by atoms with Crippen LogP contribution in [-0.2, 0) is 14.8 Å². The van der Waals surface area contributed by atoms with Gasteiger partial charge in [-0.25, -0.2) is 8.42 Å². The molecule has 1 aromatic carbocycles. The summed E-state index contributed by atoms with van der Waals surface area (Å²) in [5.74, 6) is 0. The average molecular weight is 304 g/mol. The van der Waals surface area contributed by atoms with Crippen molar-refractivity contribution in [3.63, 3.8) is 0 Å². The van der Waals surface area contributed by atoms with Crippen molar-refractivity contribution >= 4 is 21.6 Å². The monoisotopic (exact) mass is 303 g/mol. The Kier molecular flexibility index (Phi) is 4.20. The summed E-state index contributed by atoms with van der Waals surface area (Å²) >= 11 is 6.01. The maximum Gasteiger partial charge on any atom is 0.243 e. The number of benzene rings is 1. The number of morpholine rings is 1. The highest BCUT2D eigenvalue weighted by Gasteiger charge is 2.32. The van der Waals surface area contributed by atoms with Crippen LogP contribution in [0, 0.1) is 6.92 Å². The molecule has 2 rings (SSSR count). The first-order valence-electron chi connectivity index (χ1n) is 6.22. The zero-order valence-corrected chi connectivity index (χ0v) is 12.8. The number of aryl methyl sites for hydroxylation is 1. The molecule has 1 fully saturated rings. The Morgan fingerprint density at radius 1 is 1.26 bits per heavy atom. The maximum atomic E-state index is 12.6.